The molecule has 0 spiro atoms. The van der Waals surface area contributed by atoms with E-state index in [9.17, 15) is 4.79 Å². The van der Waals surface area contributed by atoms with Crippen LogP contribution in [0.3, 0.4) is 0 Å². The Kier molecular flexibility index (Phi) is 4.93. The van der Waals surface area contributed by atoms with E-state index in [0.717, 1.165) is 34.7 Å². The highest BCUT2D eigenvalue weighted by atomic mass is 16.5. The zero-order chi connectivity index (χ0) is 18.5. The van der Waals surface area contributed by atoms with E-state index in [4.69, 9.17) is 4.74 Å². The summed E-state index contributed by atoms with van der Waals surface area (Å²) in [4.78, 5) is 15.9. The van der Waals surface area contributed by atoms with Crippen molar-refractivity contribution in [3.63, 3.8) is 0 Å². The molecular formula is C24H19NO2. The Morgan fingerprint density at radius 3 is 2.22 bits per heavy atom. The topological polar surface area (TPSA) is 39.2 Å². The highest BCUT2D eigenvalue weighted by Crippen LogP contribution is 2.30. The molecule has 0 fully saturated rings. The molecule has 1 aromatic heterocycles. The Morgan fingerprint density at radius 1 is 0.815 bits per heavy atom. The summed E-state index contributed by atoms with van der Waals surface area (Å²) in [5.41, 5.74) is 4.74. The van der Waals surface area contributed by atoms with Gasteiger partial charge < -0.3 is 4.74 Å². The Morgan fingerprint density at radius 2 is 1.52 bits per heavy atom. The van der Waals surface area contributed by atoms with E-state index in [1.54, 1.807) is 6.20 Å². The second-order valence-electron chi connectivity index (χ2n) is 6.45. The number of benzene rings is 3. The first-order valence-corrected chi connectivity index (χ1v) is 8.91. The predicted molar refractivity (Wildman–Crippen MR) is 107 cm³/mol. The van der Waals surface area contributed by atoms with Crippen molar-refractivity contribution in [2.75, 3.05) is 0 Å². The maximum atomic E-state index is 11.5. The standard InChI is InChI=1S/C24H19NO2/c26-16-21-15-25-23-12-11-20(13-18-7-3-1-4-8-18)14-22(23)24(21)27-17-19-9-5-2-6-10-19/h1-12,14-16H,13,17H2. The number of hydrogen-bond donors (Lipinski definition) is 0. The average molecular weight is 353 g/mol. The lowest BCUT2D eigenvalue weighted by Crippen LogP contribution is -2.00. The predicted octanol–water partition coefficient (Wildman–Crippen LogP) is 5.22. The molecule has 27 heavy (non-hydrogen) atoms. The lowest BCUT2D eigenvalue weighted by Gasteiger charge is -2.12. The number of aromatic nitrogens is 1. The normalized spacial score (nSPS) is 10.7. The van der Waals surface area contributed by atoms with Gasteiger partial charge in [0.05, 0.1) is 11.1 Å². The van der Waals surface area contributed by atoms with E-state index in [2.05, 4.69) is 29.2 Å². The summed E-state index contributed by atoms with van der Waals surface area (Å²) < 4.78 is 6.06. The number of carbonyl (C=O) groups is 1. The molecule has 0 saturated heterocycles. The Bertz CT molecular complexity index is 1060. The van der Waals surface area contributed by atoms with E-state index in [0.29, 0.717) is 17.9 Å². The number of hydrogen-bond acceptors (Lipinski definition) is 3. The number of pyridine rings is 1. The van der Waals surface area contributed by atoms with Gasteiger partial charge in [-0.15, -0.1) is 0 Å². The zero-order valence-corrected chi connectivity index (χ0v) is 14.8. The molecule has 3 nitrogen and oxygen atoms in total. The van der Waals surface area contributed by atoms with Gasteiger partial charge in [-0.1, -0.05) is 66.7 Å². The third-order valence-electron chi connectivity index (χ3n) is 4.51. The maximum absolute atomic E-state index is 11.5. The third kappa shape index (κ3) is 3.87. The van der Waals surface area contributed by atoms with Crippen LogP contribution in [0.4, 0.5) is 0 Å². The maximum Gasteiger partial charge on any atom is 0.155 e. The van der Waals surface area contributed by atoms with Crippen molar-refractivity contribution in [1.82, 2.24) is 4.98 Å². The largest absolute Gasteiger partial charge is 0.487 e. The lowest BCUT2D eigenvalue weighted by atomic mass is 10.0. The molecule has 4 aromatic rings. The molecule has 0 bridgehead atoms. The SMILES string of the molecule is O=Cc1cnc2ccc(Cc3ccccc3)cc2c1OCc1ccccc1. The van der Waals surface area contributed by atoms with E-state index >= 15 is 0 Å². The molecule has 0 saturated carbocycles. The second kappa shape index (κ2) is 7.83. The van der Waals surface area contributed by atoms with Gasteiger partial charge in [-0.2, -0.15) is 0 Å². The van der Waals surface area contributed by atoms with Crippen LogP contribution in [-0.4, -0.2) is 11.3 Å². The van der Waals surface area contributed by atoms with Crippen LogP contribution in [0.5, 0.6) is 5.75 Å². The Balaban J connectivity index is 1.70. The van der Waals surface area contributed by atoms with E-state index in [1.807, 2.05) is 54.6 Å². The summed E-state index contributed by atoms with van der Waals surface area (Å²) in [6.07, 6.45) is 3.20. The minimum atomic E-state index is 0.406. The minimum Gasteiger partial charge on any atom is -0.487 e. The summed E-state index contributed by atoms with van der Waals surface area (Å²) in [5, 5.41) is 0.865. The molecule has 0 amide bonds. The first kappa shape index (κ1) is 17.0. The van der Waals surface area contributed by atoms with E-state index < -0.39 is 0 Å². The molecule has 4 rings (SSSR count). The van der Waals surface area contributed by atoms with E-state index in [-0.39, 0.29) is 0 Å². The molecular weight excluding hydrogens is 334 g/mol. The van der Waals surface area contributed by atoms with Crippen LogP contribution in [0.25, 0.3) is 10.9 Å². The second-order valence-corrected chi connectivity index (χ2v) is 6.45. The molecule has 0 radical (unpaired) electrons. The summed E-state index contributed by atoms with van der Waals surface area (Å²) >= 11 is 0. The van der Waals surface area contributed by atoms with Crippen LogP contribution in [-0.2, 0) is 13.0 Å². The van der Waals surface area contributed by atoms with Gasteiger partial charge in [-0.3, -0.25) is 9.78 Å². The van der Waals surface area contributed by atoms with Gasteiger partial charge in [0.25, 0.3) is 0 Å². The van der Waals surface area contributed by atoms with Gasteiger partial charge in [0.2, 0.25) is 0 Å². The monoisotopic (exact) mass is 353 g/mol. The average Bonchev–Trinajstić information content (AvgIpc) is 2.73. The Labute approximate surface area is 158 Å². The van der Waals surface area contributed by atoms with Crippen molar-refractivity contribution in [1.29, 1.82) is 0 Å². The van der Waals surface area contributed by atoms with Crippen molar-refractivity contribution in [2.45, 2.75) is 13.0 Å². The summed E-state index contributed by atoms with van der Waals surface area (Å²) in [6.45, 7) is 0.406. The van der Waals surface area contributed by atoms with Gasteiger partial charge in [0, 0.05) is 11.6 Å². The van der Waals surface area contributed by atoms with Gasteiger partial charge in [0.1, 0.15) is 12.4 Å². The van der Waals surface area contributed by atoms with Crippen LogP contribution in [0.15, 0.2) is 85.1 Å². The highest BCUT2D eigenvalue weighted by molar-refractivity contribution is 5.93. The molecule has 3 aromatic carbocycles. The molecule has 0 N–H and O–H groups in total. The fourth-order valence-corrected chi connectivity index (χ4v) is 3.15. The van der Waals surface area contributed by atoms with Crippen LogP contribution in [0, 0.1) is 0 Å². The van der Waals surface area contributed by atoms with Crippen molar-refractivity contribution in [3.8, 4) is 5.75 Å². The number of carbonyl (C=O) groups excluding carboxylic acids is 1. The van der Waals surface area contributed by atoms with Crippen LogP contribution in [0.2, 0.25) is 0 Å². The summed E-state index contributed by atoms with van der Waals surface area (Å²) in [7, 11) is 0. The fraction of sp³-hybridized carbons (Fsp3) is 0.0833. The molecule has 132 valence electrons. The molecule has 3 heteroatoms. The first-order chi connectivity index (χ1) is 13.3. The smallest absolute Gasteiger partial charge is 0.155 e. The van der Waals surface area contributed by atoms with Crippen molar-refractivity contribution >= 4 is 17.2 Å². The molecule has 0 aliphatic carbocycles. The van der Waals surface area contributed by atoms with Gasteiger partial charge in [-0.05, 0) is 35.2 Å². The summed E-state index contributed by atoms with van der Waals surface area (Å²) in [6, 6.07) is 26.4. The molecule has 0 unspecified atom stereocenters. The van der Waals surface area contributed by atoms with Crippen LogP contribution < -0.4 is 4.74 Å². The quantitative estimate of drug-likeness (QED) is 0.446. The minimum absolute atomic E-state index is 0.406. The number of ether oxygens (including phenoxy) is 1. The van der Waals surface area contributed by atoms with Crippen molar-refractivity contribution in [2.24, 2.45) is 0 Å². The van der Waals surface area contributed by atoms with Gasteiger partial charge in [0.15, 0.2) is 6.29 Å². The molecule has 0 atom stereocenters. The third-order valence-corrected chi connectivity index (χ3v) is 4.51. The molecule has 1 heterocycles. The number of fused-ring (bicyclic) bond motifs is 1. The number of nitrogens with zero attached hydrogens (tertiary/aromatic N) is 1. The Hall–Kier alpha value is -3.46. The van der Waals surface area contributed by atoms with Gasteiger partial charge >= 0.3 is 0 Å². The number of rotatable bonds is 6. The zero-order valence-electron chi connectivity index (χ0n) is 14.8. The lowest BCUT2D eigenvalue weighted by molar-refractivity contribution is 0.111. The van der Waals surface area contributed by atoms with Crippen molar-refractivity contribution in [3.05, 3.63) is 107 Å². The van der Waals surface area contributed by atoms with Crippen LogP contribution in [0.1, 0.15) is 27.0 Å². The van der Waals surface area contributed by atoms with E-state index in [1.165, 1.54) is 5.56 Å². The van der Waals surface area contributed by atoms with Crippen LogP contribution >= 0.6 is 0 Å². The van der Waals surface area contributed by atoms with Crippen molar-refractivity contribution < 1.29 is 9.53 Å². The highest BCUT2D eigenvalue weighted by Gasteiger charge is 2.11. The molecule has 0 aliphatic rings. The van der Waals surface area contributed by atoms with Gasteiger partial charge in [-0.25, -0.2) is 0 Å². The fourth-order valence-electron chi connectivity index (χ4n) is 3.15. The summed E-state index contributed by atoms with van der Waals surface area (Å²) in [5.74, 6) is 0.591. The molecule has 0 aliphatic heterocycles. The number of aldehydes is 1. The first-order valence-electron chi connectivity index (χ1n) is 8.91.